The Morgan fingerprint density at radius 3 is 2.33 bits per heavy atom. The summed E-state index contributed by atoms with van der Waals surface area (Å²) in [5.41, 5.74) is 3.45. The van der Waals surface area contributed by atoms with E-state index in [1.165, 1.54) is 7.11 Å². The summed E-state index contributed by atoms with van der Waals surface area (Å²) in [6, 6.07) is 21.7. The second kappa shape index (κ2) is 14.4. The van der Waals surface area contributed by atoms with Gasteiger partial charge in [0.15, 0.2) is 0 Å². The van der Waals surface area contributed by atoms with E-state index in [4.69, 9.17) is 9.47 Å². The normalized spacial score (nSPS) is 11.5. The summed E-state index contributed by atoms with van der Waals surface area (Å²) in [5, 5.41) is 14.2. The van der Waals surface area contributed by atoms with Crippen LogP contribution in [0.1, 0.15) is 27.3 Å². The molecule has 0 spiro atoms. The van der Waals surface area contributed by atoms with Crippen molar-refractivity contribution in [2.24, 2.45) is 0 Å². The van der Waals surface area contributed by atoms with Gasteiger partial charge in [-0.15, -0.1) is 0 Å². The molecular formula is C30H31N5O7. The van der Waals surface area contributed by atoms with Crippen LogP contribution in [0.2, 0.25) is 0 Å². The van der Waals surface area contributed by atoms with Gasteiger partial charge >= 0.3 is 12.1 Å². The van der Waals surface area contributed by atoms with Crippen LogP contribution in [0.25, 0.3) is 11.0 Å². The Morgan fingerprint density at radius 2 is 1.64 bits per heavy atom. The topological polar surface area (TPSA) is 163 Å². The number of rotatable bonds is 13. The molecule has 4 N–H and O–H groups in total. The summed E-state index contributed by atoms with van der Waals surface area (Å²) in [6.07, 6.45) is -0.917. The number of ether oxygens (including phenoxy) is 2. The molecule has 12 nitrogen and oxygen atoms in total. The van der Waals surface area contributed by atoms with Gasteiger partial charge in [-0.2, -0.15) is 0 Å². The van der Waals surface area contributed by atoms with Crippen molar-refractivity contribution in [3.8, 4) is 0 Å². The first-order valence-corrected chi connectivity index (χ1v) is 13.1. The number of carbonyl (C=O) groups is 4. The minimum atomic E-state index is -1.39. The number of amides is 3. The van der Waals surface area contributed by atoms with Gasteiger partial charge in [-0.25, -0.2) is 14.6 Å². The molecule has 0 radical (unpaired) electrons. The van der Waals surface area contributed by atoms with Crippen LogP contribution in [0.4, 0.5) is 4.79 Å². The van der Waals surface area contributed by atoms with Gasteiger partial charge in [-0.05, 0) is 35.4 Å². The second-order valence-electron chi connectivity index (χ2n) is 9.39. The number of benzene rings is 3. The SMILES string of the molecule is COCC(=O)N(Cc1ccc(C(=O)NC[C@@H](NC(=O)OCc2ccccc2)C(=O)O)cc1)Cc1nc2ccccc2[nH]1. The number of nitrogens with one attached hydrogen (secondary N) is 3. The first kappa shape index (κ1) is 29.7. The Kier molecular flexibility index (Phi) is 10.2. The molecule has 3 aromatic carbocycles. The fourth-order valence-corrected chi connectivity index (χ4v) is 4.09. The summed E-state index contributed by atoms with van der Waals surface area (Å²) >= 11 is 0. The number of hydrogen-bond acceptors (Lipinski definition) is 7. The molecule has 4 rings (SSSR count). The van der Waals surface area contributed by atoms with Crippen LogP contribution >= 0.6 is 0 Å². The smallest absolute Gasteiger partial charge is 0.408 e. The summed E-state index contributed by atoms with van der Waals surface area (Å²) in [4.78, 5) is 58.5. The van der Waals surface area contributed by atoms with E-state index in [2.05, 4.69) is 20.6 Å². The lowest BCUT2D eigenvalue weighted by Crippen LogP contribution is -2.48. The number of aliphatic carboxylic acids is 1. The Bertz CT molecular complexity index is 1490. The molecule has 42 heavy (non-hydrogen) atoms. The van der Waals surface area contributed by atoms with E-state index in [0.717, 1.165) is 22.2 Å². The molecule has 0 aliphatic carbocycles. The lowest BCUT2D eigenvalue weighted by atomic mass is 10.1. The van der Waals surface area contributed by atoms with Crippen molar-refractivity contribution in [3.05, 3.63) is 101 Å². The van der Waals surface area contributed by atoms with Crippen molar-refractivity contribution >= 4 is 34.9 Å². The quantitative estimate of drug-likeness (QED) is 0.190. The van der Waals surface area contributed by atoms with Gasteiger partial charge in [-0.1, -0.05) is 54.6 Å². The van der Waals surface area contributed by atoms with Gasteiger partial charge in [0.2, 0.25) is 5.91 Å². The third-order valence-corrected chi connectivity index (χ3v) is 6.26. The number of para-hydroxylation sites is 2. The number of carboxylic acids is 1. The highest BCUT2D eigenvalue weighted by atomic mass is 16.5. The average Bonchev–Trinajstić information content (AvgIpc) is 3.41. The van der Waals surface area contributed by atoms with E-state index >= 15 is 0 Å². The van der Waals surface area contributed by atoms with Crippen LogP contribution in [0.15, 0.2) is 78.9 Å². The molecule has 3 amide bonds. The van der Waals surface area contributed by atoms with Crippen LogP contribution in [-0.2, 0) is 38.8 Å². The molecular weight excluding hydrogens is 542 g/mol. The molecule has 12 heteroatoms. The first-order chi connectivity index (χ1) is 20.3. The largest absolute Gasteiger partial charge is 0.480 e. The maximum Gasteiger partial charge on any atom is 0.408 e. The number of hydrogen-bond donors (Lipinski definition) is 4. The summed E-state index contributed by atoms with van der Waals surface area (Å²) in [7, 11) is 1.45. The molecule has 218 valence electrons. The molecule has 1 atom stereocenters. The van der Waals surface area contributed by atoms with Gasteiger partial charge in [0.25, 0.3) is 5.91 Å². The number of methoxy groups -OCH3 is 1. The standard InChI is InChI=1S/C30H31N5O7/c1-41-19-27(36)35(17-26-32-23-9-5-6-10-24(23)33-26)16-20-11-13-22(14-12-20)28(37)31-15-25(29(38)39)34-30(40)42-18-21-7-3-2-4-8-21/h2-14,25H,15-19H2,1H3,(H,31,37)(H,32,33)(H,34,40)(H,38,39)/t25-/m1/s1. The van der Waals surface area contributed by atoms with Crippen LogP contribution in [0.3, 0.4) is 0 Å². The number of H-pyrrole nitrogens is 1. The van der Waals surface area contributed by atoms with E-state index in [9.17, 15) is 24.3 Å². The number of aromatic nitrogens is 2. The fourth-order valence-electron chi connectivity index (χ4n) is 4.09. The monoisotopic (exact) mass is 573 g/mol. The maximum atomic E-state index is 12.7. The highest BCUT2D eigenvalue weighted by molar-refractivity contribution is 5.94. The van der Waals surface area contributed by atoms with Crippen molar-refractivity contribution in [1.82, 2.24) is 25.5 Å². The fraction of sp³-hybridized carbons (Fsp3) is 0.233. The number of nitrogens with zero attached hydrogens (tertiary/aromatic N) is 2. The molecule has 0 saturated carbocycles. The number of alkyl carbamates (subject to hydrolysis) is 1. The zero-order valence-corrected chi connectivity index (χ0v) is 22.9. The molecule has 0 unspecified atom stereocenters. The number of imidazole rings is 1. The Labute approximate surface area is 241 Å². The van der Waals surface area contributed by atoms with Crippen molar-refractivity contribution in [3.63, 3.8) is 0 Å². The molecule has 0 bridgehead atoms. The molecule has 1 aromatic heterocycles. The van der Waals surface area contributed by atoms with Gasteiger partial charge in [-0.3, -0.25) is 9.59 Å². The van der Waals surface area contributed by atoms with Gasteiger partial charge in [0, 0.05) is 25.8 Å². The van der Waals surface area contributed by atoms with E-state index in [1.807, 2.05) is 30.3 Å². The van der Waals surface area contributed by atoms with E-state index < -0.39 is 24.0 Å². The highest BCUT2D eigenvalue weighted by Crippen LogP contribution is 2.15. The number of fused-ring (bicyclic) bond motifs is 1. The van der Waals surface area contributed by atoms with E-state index in [1.54, 1.807) is 53.4 Å². The predicted octanol–water partition coefficient (Wildman–Crippen LogP) is 2.85. The van der Waals surface area contributed by atoms with Gasteiger partial charge in [0.1, 0.15) is 25.1 Å². The summed E-state index contributed by atoms with van der Waals surface area (Å²) in [5.74, 6) is -1.45. The van der Waals surface area contributed by atoms with Crippen molar-refractivity contribution < 1.29 is 33.8 Å². The van der Waals surface area contributed by atoms with Crippen LogP contribution in [0, 0.1) is 0 Å². The average molecular weight is 574 g/mol. The van der Waals surface area contributed by atoms with E-state index in [-0.39, 0.29) is 44.3 Å². The van der Waals surface area contributed by atoms with Crippen LogP contribution < -0.4 is 10.6 Å². The Hall–Kier alpha value is -5.23. The number of carboxylic acid groups (broad SMARTS) is 1. The third kappa shape index (κ3) is 8.38. The molecule has 4 aromatic rings. The van der Waals surface area contributed by atoms with Crippen molar-refractivity contribution in [2.45, 2.75) is 25.7 Å². The maximum absolute atomic E-state index is 12.7. The minimum absolute atomic E-state index is 0.0233. The van der Waals surface area contributed by atoms with Crippen molar-refractivity contribution in [1.29, 1.82) is 0 Å². The Morgan fingerprint density at radius 1 is 0.929 bits per heavy atom. The first-order valence-electron chi connectivity index (χ1n) is 13.1. The summed E-state index contributed by atoms with van der Waals surface area (Å²) in [6.45, 7) is 0.00461. The lowest BCUT2D eigenvalue weighted by Gasteiger charge is -2.21. The zero-order chi connectivity index (χ0) is 29.9. The highest BCUT2D eigenvalue weighted by Gasteiger charge is 2.22. The van der Waals surface area contributed by atoms with E-state index in [0.29, 0.717) is 5.82 Å². The van der Waals surface area contributed by atoms with Gasteiger partial charge in [0.05, 0.1) is 17.6 Å². The van der Waals surface area contributed by atoms with Gasteiger partial charge < -0.3 is 35.1 Å². The zero-order valence-electron chi connectivity index (χ0n) is 22.9. The number of carbonyl (C=O) groups excluding carboxylic acids is 3. The second-order valence-corrected chi connectivity index (χ2v) is 9.39. The molecule has 0 aliphatic rings. The summed E-state index contributed by atoms with van der Waals surface area (Å²) < 4.78 is 10.1. The predicted molar refractivity (Wildman–Crippen MR) is 152 cm³/mol. The third-order valence-electron chi connectivity index (χ3n) is 6.26. The minimum Gasteiger partial charge on any atom is -0.480 e. The number of aromatic amines is 1. The molecule has 0 saturated heterocycles. The van der Waals surface area contributed by atoms with Crippen LogP contribution in [-0.4, -0.2) is 70.2 Å². The molecule has 0 fully saturated rings. The van der Waals surface area contributed by atoms with Crippen LogP contribution in [0.5, 0.6) is 0 Å². The Balaban J connectivity index is 1.32. The molecule has 1 heterocycles. The molecule has 0 aliphatic heterocycles. The lowest BCUT2D eigenvalue weighted by molar-refractivity contribution is -0.139. The van der Waals surface area contributed by atoms with Crippen molar-refractivity contribution in [2.75, 3.05) is 20.3 Å².